The lowest BCUT2D eigenvalue weighted by atomic mass is 10.3. The molecule has 0 amide bonds. The maximum absolute atomic E-state index is 6.22. The van der Waals surface area contributed by atoms with E-state index in [-0.39, 0.29) is 0 Å². The van der Waals surface area contributed by atoms with Crippen molar-refractivity contribution < 1.29 is 0 Å². The molecule has 1 aliphatic carbocycles. The Hall–Kier alpha value is -0.750. The molecule has 4 rings (SSSR count). The predicted octanol–water partition coefficient (Wildman–Crippen LogP) is 2.62. The molecule has 2 aliphatic rings. The summed E-state index contributed by atoms with van der Waals surface area (Å²) in [6.07, 6.45) is 2.79. The van der Waals surface area contributed by atoms with Gasteiger partial charge in [-0.1, -0.05) is 11.6 Å². The highest BCUT2D eigenvalue weighted by atomic mass is 35.5. The molecular weight excluding hydrogens is 292 g/mol. The van der Waals surface area contributed by atoms with Crippen molar-refractivity contribution in [2.24, 2.45) is 0 Å². The Morgan fingerprint density at radius 1 is 1.20 bits per heavy atom. The molecule has 0 N–H and O–H groups in total. The van der Waals surface area contributed by atoms with Gasteiger partial charge in [-0.15, -0.1) is 11.3 Å². The molecule has 2 fully saturated rings. The first-order valence-electron chi connectivity index (χ1n) is 7.15. The van der Waals surface area contributed by atoms with Crippen LogP contribution in [0.4, 0.5) is 0 Å². The van der Waals surface area contributed by atoms with Crippen LogP contribution in [0.15, 0.2) is 11.4 Å². The first-order chi connectivity index (χ1) is 9.79. The van der Waals surface area contributed by atoms with E-state index in [1.807, 2.05) is 11.4 Å². The van der Waals surface area contributed by atoms with E-state index in [1.165, 1.54) is 25.9 Å². The molecule has 1 aliphatic heterocycles. The van der Waals surface area contributed by atoms with Crippen LogP contribution in [-0.4, -0.2) is 52.0 Å². The molecule has 6 heteroatoms. The zero-order chi connectivity index (χ0) is 13.5. The van der Waals surface area contributed by atoms with E-state index < -0.39 is 0 Å². The number of rotatable bonds is 3. The molecule has 20 heavy (non-hydrogen) atoms. The Balaban J connectivity index is 1.44. The Morgan fingerprint density at radius 3 is 2.75 bits per heavy atom. The highest BCUT2D eigenvalue weighted by molar-refractivity contribution is 7.16. The average Bonchev–Trinajstić information content (AvgIpc) is 3.18. The number of halogens is 1. The van der Waals surface area contributed by atoms with Crippen LogP contribution in [-0.2, 0) is 6.54 Å². The minimum atomic E-state index is 0.586. The lowest BCUT2D eigenvalue weighted by molar-refractivity contribution is 0.119. The van der Waals surface area contributed by atoms with E-state index in [1.54, 1.807) is 11.3 Å². The number of aromatic nitrogens is 2. The molecule has 1 saturated heterocycles. The lowest BCUT2D eigenvalue weighted by Gasteiger charge is -2.34. The standard InChI is InChI=1S/C14H17ClN4S/c15-13-11-3-8-20-14(11)17-12(16-13)9-18-4-6-19(7-5-18)10-1-2-10/h3,8,10H,1-2,4-7,9H2. The van der Waals surface area contributed by atoms with Crippen molar-refractivity contribution in [3.63, 3.8) is 0 Å². The normalized spacial score (nSPS) is 21.6. The molecule has 0 radical (unpaired) electrons. The third-order valence-electron chi connectivity index (χ3n) is 4.16. The van der Waals surface area contributed by atoms with Crippen LogP contribution in [0, 0.1) is 0 Å². The van der Waals surface area contributed by atoms with Crippen LogP contribution in [0.2, 0.25) is 5.15 Å². The highest BCUT2D eigenvalue weighted by Crippen LogP contribution is 2.28. The van der Waals surface area contributed by atoms with E-state index in [4.69, 9.17) is 11.6 Å². The van der Waals surface area contributed by atoms with Crippen molar-refractivity contribution in [3.05, 3.63) is 22.4 Å². The van der Waals surface area contributed by atoms with Crippen LogP contribution >= 0.6 is 22.9 Å². The lowest BCUT2D eigenvalue weighted by Crippen LogP contribution is -2.46. The van der Waals surface area contributed by atoms with Gasteiger partial charge >= 0.3 is 0 Å². The first-order valence-corrected chi connectivity index (χ1v) is 8.41. The van der Waals surface area contributed by atoms with E-state index >= 15 is 0 Å². The number of nitrogens with zero attached hydrogens (tertiary/aromatic N) is 4. The van der Waals surface area contributed by atoms with Crippen molar-refractivity contribution >= 4 is 33.2 Å². The van der Waals surface area contributed by atoms with Crippen LogP contribution in [0.5, 0.6) is 0 Å². The third-order valence-corrected chi connectivity index (χ3v) is 5.25. The summed E-state index contributed by atoms with van der Waals surface area (Å²) in [5.74, 6) is 0.852. The van der Waals surface area contributed by atoms with Gasteiger partial charge in [-0.05, 0) is 24.3 Å². The predicted molar refractivity (Wildman–Crippen MR) is 82.3 cm³/mol. The summed E-state index contributed by atoms with van der Waals surface area (Å²) in [6, 6.07) is 2.87. The van der Waals surface area contributed by atoms with Crippen molar-refractivity contribution in [1.29, 1.82) is 0 Å². The van der Waals surface area contributed by atoms with Gasteiger partial charge in [0.05, 0.1) is 6.54 Å². The molecular formula is C14H17ClN4S. The van der Waals surface area contributed by atoms with Crippen molar-refractivity contribution in [2.45, 2.75) is 25.4 Å². The van der Waals surface area contributed by atoms with Crippen LogP contribution in [0.25, 0.3) is 10.2 Å². The summed E-state index contributed by atoms with van der Waals surface area (Å²) in [7, 11) is 0. The van der Waals surface area contributed by atoms with Gasteiger partial charge in [0, 0.05) is 37.6 Å². The van der Waals surface area contributed by atoms with Crippen molar-refractivity contribution in [1.82, 2.24) is 19.8 Å². The summed E-state index contributed by atoms with van der Waals surface area (Å²) < 4.78 is 0. The van der Waals surface area contributed by atoms with E-state index in [2.05, 4.69) is 19.8 Å². The molecule has 0 aromatic carbocycles. The maximum atomic E-state index is 6.22. The maximum Gasteiger partial charge on any atom is 0.145 e. The minimum absolute atomic E-state index is 0.586. The van der Waals surface area contributed by atoms with Gasteiger partial charge in [-0.2, -0.15) is 0 Å². The van der Waals surface area contributed by atoms with Gasteiger partial charge in [-0.25, -0.2) is 9.97 Å². The Kier molecular flexibility index (Phi) is 3.38. The zero-order valence-corrected chi connectivity index (χ0v) is 12.8. The molecule has 0 unspecified atom stereocenters. The number of thiophene rings is 1. The largest absolute Gasteiger partial charge is 0.298 e. The second-order valence-electron chi connectivity index (χ2n) is 5.61. The van der Waals surface area contributed by atoms with Crippen LogP contribution in [0.3, 0.4) is 0 Å². The SMILES string of the molecule is Clc1nc(CN2CCN(C3CC3)CC2)nc2sccc12. The minimum Gasteiger partial charge on any atom is -0.298 e. The van der Waals surface area contributed by atoms with Gasteiger partial charge in [0.25, 0.3) is 0 Å². The average molecular weight is 309 g/mol. The Labute approximate surface area is 127 Å². The quantitative estimate of drug-likeness (QED) is 0.816. The molecule has 0 bridgehead atoms. The van der Waals surface area contributed by atoms with Crippen LogP contribution in [0.1, 0.15) is 18.7 Å². The summed E-state index contributed by atoms with van der Waals surface area (Å²) >= 11 is 7.85. The second-order valence-corrected chi connectivity index (χ2v) is 6.87. The second kappa shape index (κ2) is 5.22. The molecule has 0 atom stereocenters. The number of fused-ring (bicyclic) bond motifs is 1. The van der Waals surface area contributed by atoms with Crippen LogP contribution < -0.4 is 0 Å². The summed E-state index contributed by atoms with van der Waals surface area (Å²) in [6.45, 7) is 5.39. The fourth-order valence-corrected chi connectivity index (χ4v) is 3.95. The van der Waals surface area contributed by atoms with E-state index in [0.29, 0.717) is 5.15 Å². The van der Waals surface area contributed by atoms with Crippen molar-refractivity contribution in [3.8, 4) is 0 Å². The first kappa shape index (κ1) is 13.0. The number of piperazine rings is 1. The Bertz CT molecular complexity index is 617. The third kappa shape index (κ3) is 2.55. The van der Waals surface area contributed by atoms with Gasteiger partial charge < -0.3 is 0 Å². The molecule has 2 aromatic rings. The van der Waals surface area contributed by atoms with Gasteiger partial charge in [0.2, 0.25) is 0 Å². The molecule has 106 valence electrons. The fourth-order valence-electron chi connectivity index (χ4n) is 2.86. The molecule has 3 heterocycles. The van der Waals surface area contributed by atoms with Crippen molar-refractivity contribution in [2.75, 3.05) is 26.2 Å². The van der Waals surface area contributed by atoms with Gasteiger partial charge in [-0.3, -0.25) is 9.80 Å². The van der Waals surface area contributed by atoms with Gasteiger partial charge in [0.15, 0.2) is 0 Å². The topological polar surface area (TPSA) is 32.3 Å². The molecule has 0 spiro atoms. The summed E-state index contributed by atoms with van der Waals surface area (Å²) in [5.41, 5.74) is 0. The molecule has 2 aromatic heterocycles. The highest BCUT2D eigenvalue weighted by Gasteiger charge is 2.31. The monoisotopic (exact) mass is 308 g/mol. The van der Waals surface area contributed by atoms with E-state index in [9.17, 15) is 0 Å². The zero-order valence-electron chi connectivity index (χ0n) is 11.3. The van der Waals surface area contributed by atoms with E-state index in [0.717, 1.165) is 41.7 Å². The number of hydrogen-bond donors (Lipinski definition) is 0. The van der Waals surface area contributed by atoms with Gasteiger partial charge in [0.1, 0.15) is 15.8 Å². The Morgan fingerprint density at radius 2 is 2.00 bits per heavy atom. The summed E-state index contributed by atoms with van der Waals surface area (Å²) in [4.78, 5) is 15.1. The summed E-state index contributed by atoms with van der Waals surface area (Å²) in [5, 5.41) is 3.57. The fraction of sp³-hybridized carbons (Fsp3) is 0.571. The molecule has 1 saturated carbocycles. The molecule has 4 nitrogen and oxygen atoms in total. The smallest absolute Gasteiger partial charge is 0.145 e. The number of hydrogen-bond acceptors (Lipinski definition) is 5.